The highest BCUT2D eigenvalue weighted by molar-refractivity contribution is 5.65. The third kappa shape index (κ3) is 2.98. The number of pyridine rings is 1. The van der Waals surface area contributed by atoms with Gasteiger partial charge >= 0.3 is 6.09 Å². The molecule has 3 heterocycles. The fraction of sp³-hybridized carbons (Fsp3) is 0.632. The largest absolute Gasteiger partial charge is 0.465 e. The highest BCUT2D eigenvalue weighted by Gasteiger charge is 2.52. The molecule has 2 saturated heterocycles. The zero-order valence-electron chi connectivity index (χ0n) is 14.3. The molecule has 0 bridgehead atoms. The van der Waals surface area contributed by atoms with E-state index in [-0.39, 0.29) is 17.4 Å². The number of carboxylic acid groups (broad SMARTS) is 1. The first-order chi connectivity index (χ1) is 12.1. The maximum absolute atomic E-state index is 11.2. The van der Waals surface area contributed by atoms with Crippen LogP contribution in [0.4, 0.5) is 4.79 Å². The van der Waals surface area contributed by atoms with Crippen molar-refractivity contribution in [1.82, 2.24) is 14.8 Å². The Hall–Kier alpha value is -2.13. The van der Waals surface area contributed by atoms with Crippen molar-refractivity contribution in [2.45, 2.75) is 44.2 Å². The van der Waals surface area contributed by atoms with Crippen molar-refractivity contribution >= 4 is 6.09 Å². The standard InChI is InChI=1S/C19H24N4O2/c20-12-14-4-7-23(17(9-14)16-3-1-2-6-21-16)15-10-19(11-15)5-8-22(13-19)18(24)25/h1-3,6,14-15,17H,4-5,7-11,13H2,(H,24,25). The molecule has 4 rings (SSSR count). The van der Waals surface area contributed by atoms with Gasteiger partial charge in [-0.2, -0.15) is 5.26 Å². The van der Waals surface area contributed by atoms with E-state index >= 15 is 0 Å². The summed E-state index contributed by atoms with van der Waals surface area (Å²) in [4.78, 5) is 19.8. The van der Waals surface area contributed by atoms with Crippen LogP contribution in [0.1, 0.15) is 43.8 Å². The minimum absolute atomic E-state index is 0.103. The number of nitriles is 1. The van der Waals surface area contributed by atoms with Crippen LogP contribution in [0.5, 0.6) is 0 Å². The summed E-state index contributed by atoms with van der Waals surface area (Å²) in [6.45, 7) is 2.28. The molecule has 3 fully saturated rings. The van der Waals surface area contributed by atoms with Crippen molar-refractivity contribution in [2.24, 2.45) is 11.3 Å². The topological polar surface area (TPSA) is 80.5 Å². The predicted octanol–water partition coefficient (Wildman–Crippen LogP) is 2.89. The van der Waals surface area contributed by atoms with Gasteiger partial charge in [-0.1, -0.05) is 6.07 Å². The average Bonchev–Trinajstić information content (AvgIpc) is 3.07. The van der Waals surface area contributed by atoms with E-state index in [1.165, 1.54) is 0 Å². The number of carbonyl (C=O) groups is 1. The molecule has 1 aromatic heterocycles. The molecule has 1 amide bonds. The van der Waals surface area contributed by atoms with Crippen molar-refractivity contribution in [3.8, 4) is 6.07 Å². The van der Waals surface area contributed by atoms with E-state index in [9.17, 15) is 15.2 Å². The van der Waals surface area contributed by atoms with Crippen molar-refractivity contribution in [1.29, 1.82) is 5.26 Å². The molecule has 6 heteroatoms. The van der Waals surface area contributed by atoms with Crippen LogP contribution in [-0.4, -0.2) is 51.7 Å². The van der Waals surface area contributed by atoms with Crippen LogP contribution in [0.15, 0.2) is 24.4 Å². The first-order valence-electron chi connectivity index (χ1n) is 9.14. The first kappa shape index (κ1) is 16.3. The number of hydrogen-bond acceptors (Lipinski definition) is 4. The summed E-state index contributed by atoms with van der Waals surface area (Å²) in [6, 6.07) is 9.14. The molecule has 1 saturated carbocycles. The molecular formula is C19H24N4O2. The summed E-state index contributed by atoms with van der Waals surface area (Å²) >= 11 is 0. The van der Waals surface area contributed by atoms with Gasteiger partial charge in [0.05, 0.1) is 17.8 Å². The monoisotopic (exact) mass is 340 g/mol. The number of likely N-dealkylation sites (tertiary alicyclic amines) is 2. The van der Waals surface area contributed by atoms with Gasteiger partial charge in [-0.05, 0) is 49.7 Å². The highest BCUT2D eigenvalue weighted by Crippen LogP contribution is 2.52. The first-order valence-corrected chi connectivity index (χ1v) is 9.14. The van der Waals surface area contributed by atoms with Gasteiger partial charge in [0.25, 0.3) is 0 Å². The Morgan fingerprint density at radius 3 is 2.84 bits per heavy atom. The molecule has 1 spiro atoms. The molecule has 6 nitrogen and oxygen atoms in total. The lowest BCUT2D eigenvalue weighted by atomic mass is 9.63. The van der Waals surface area contributed by atoms with Crippen molar-refractivity contribution in [2.75, 3.05) is 19.6 Å². The number of hydrogen-bond donors (Lipinski definition) is 1. The third-order valence-corrected chi connectivity index (χ3v) is 6.37. The van der Waals surface area contributed by atoms with E-state index in [0.29, 0.717) is 19.1 Å². The van der Waals surface area contributed by atoms with Crippen LogP contribution in [0, 0.1) is 22.7 Å². The Morgan fingerprint density at radius 1 is 1.36 bits per heavy atom. The molecule has 2 atom stereocenters. The normalized spacial score (nSPS) is 35.3. The Bertz CT molecular complexity index is 680. The summed E-state index contributed by atoms with van der Waals surface area (Å²) in [5, 5.41) is 18.6. The highest BCUT2D eigenvalue weighted by atomic mass is 16.4. The molecule has 0 aromatic carbocycles. The molecular weight excluding hydrogens is 316 g/mol. The predicted molar refractivity (Wildman–Crippen MR) is 91.7 cm³/mol. The number of rotatable bonds is 2. The van der Waals surface area contributed by atoms with E-state index in [1.54, 1.807) is 4.90 Å². The van der Waals surface area contributed by atoms with Gasteiger partial charge in [0.1, 0.15) is 0 Å². The maximum Gasteiger partial charge on any atom is 0.407 e. The molecule has 2 unspecified atom stereocenters. The summed E-state index contributed by atoms with van der Waals surface area (Å²) in [5.74, 6) is 0.103. The zero-order chi connectivity index (χ0) is 17.4. The van der Waals surface area contributed by atoms with Crippen LogP contribution in [0.25, 0.3) is 0 Å². The zero-order valence-corrected chi connectivity index (χ0v) is 14.3. The lowest BCUT2D eigenvalue weighted by molar-refractivity contribution is -0.0354. The second-order valence-electron chi connectivity index (χ2n) is 7.87. The quantitative estimate of drug-likeness (QED) is 0.895. The van der Waals surface area contributed by atoms with E-state index < -0.39 is 6.09 Å². The SMILES string of the molecule is N#CC1CCN(C2CC3(CCN(C(=O)O)C3)C2)C(c2ccccn2)C1. The second kappa shape index (κ2) is 6.30. The molecule has 1 N–H and O–H groups in total. The lowest BCUT2D eigenvalue weighted by Gasteiger charge is -2.53. The maximum atomic E-state index is 11.2. The molecule has 2 aliphatic heterocycles. The minimum atomic E-state index is -0.790. The molecule has 25 heavy (non-hydrogen) atoms. The van der Waals surface area contributed by atoms with Crippen LogP contribution in [0.3, 0.4) is 0 Å². The van der Waals surface area contributed by atoms with E-state index in [0.717, 1.165) is 44.3 Å². The Morgan fingerprint density at radius 2 is 2.20 bits per heavy atom. The second-order valence-corrected chi connectivity index (χ2v) is 7.87. The fourth-order valence-corrected chi connectivity index (χ4v) is 5.01. The van der Waals surface area contributed by atoms with Gasteiger partial charge in [-0.25, -0.2) is 4.79 Å². The van der Waals surface area contributed by atoms with Crippen molar-refractivity contribution in [3.63, 3.8) is 0 Å². The Balaban J connectivity index is 1.46. The molecule has 3 aliphatic rings. The smallest absolute Gasteiger partial charge is 0.407 e. The molecule has 1 aromatic rings. The van der Waals surface area contributed by atoms with Crippen LogP contribution < -0.4 is 0 Å². The minimum Gasteiger partial charge on any atom is -0.465 e. The number of aromatic nitrogens is 1. The summed E-state index contributed by atoms with van der Waals surface area (Å²) in [7, 11) is 0. The third-order valence-electron chi connectivity index (χ3n) is 6.37. The summed E-state index contributed by atoms with van der Waals surface area (Å²) in [6.07, 6.45) is 5.92. The van der Waals surface area contributed by atoms with Gasteiger partial charge < -0.3 is 10.0 Å². The number of nitrogens with zero attached hydrogens (tertiary/aromatic N) is 4. The Kier molecular flexibility index (Phi) is 4.12. The molecule has 0 radical (unpaired) electrons. The number of amides is 1. The van der Waals surface area contributed by atoms with Gasteiger partial charge in [0, 0.05) is 37.8 Å². The number of piperidine rings is 1. The summed E-state index contributed by atoms with van der Waals surface area (Å²) in [5.41, 5.74) is 1.24. The molecule has 1 aliphatic carbocycles. The Labute approximate surface area is 148 Å². The van der Waals surface area contributed by atoms with Crippen LogP contribution in [-0.2, 0) is 0 Å². The van der Waals surface area contributed by atoms with Gasteiger partial charge in [0.15, 0.2) is 0 Å². The van der Waals surface area contributed by atoms with Gasteiger partial charge in [0.2, 0.25) is 0 Å². The lowest BCUT2D eigenvalue weighted by Crippen LogP contribution is -2.55. The van der Waals surface area contributed by atoms with Crippen molar-refractivity contribution < 1.29 is 9.90 Å². The molecule has 132 valence electrons. The fourth-order valence-electron chi connectivity index (χ4n) is 5.01. The van der Waals surface area contributed by atoms with E-state index in [1.807, 2.05) is 18.3 Å². The van der Waals surface area contributed by atoms with Gasteiger partial charge in [-0.15, -0.1) is 0 Å². The average molecular weight is 340 g/mol. The summed E-state index contributed by atoms with van der Waals surface area (Å²) < 4.78 is 0. The van der Waals surface area contributed by atoms with Crippen molar-refractivity contribution in [3.05, 3.63) is 30.1 Å². The van der Waals surface area contributed by atoms with Crippen LogP contribution >= 0.6 is 0 Å². The van der Waals surface area contributed by atoms with E-state index in [4.69, 9.17) is 0 Å². The van der Waals surface area contributed by atoms with Crippen LogP contribution in [0.2, 0.25) is 0 Å². The van der Waals surface area contributed by atoms with Gasteiger partial charge in [-0.3, -0.25) is 9.88 Å². The van der Waals surface area contributed by atoms with E-state index in [2.05, 4.69) is 22.0 Å².